The van der Waals surface area contributed by atoms with Crippen molar-refractivity contribution >= 4 is 17.3 Å². The predicted octanol–water partition coefficient (Wildman–Crippen LogP) is 1.98. The molecule has 0 atom stereocenters. The molecule has 0 fully saturated rings. The van der Waals surface area contributed by atoms with E-state index >= 15 is 0 Å². The van der Waals surface area contributed by atoms with E-state index in [0.29, 0.717) is 52.1 Å². The van der Waals surface area contributed by atoms with E-state index in [1.807, 2.05) is 6.07 Å². The predicted molar refractivity (Wildman–Crippen MR) is 89.8 cm³/mol. The number of nitrogen functional groups attached to an aromatic ring is 1. The van der Waals surface area contributed by atoms with Crippen LogP contribution in [0.3, 0.4) is 0 Å². The van der Waals surface area contributed by atoms with E-state index in [0.717, 1.165) is 0 Å². The molecule has 3 rings (SSSR count). The number of rotatable bonds is 5. The van der Waals surface area contributed by atoms with Crippen molar-refractivity contribution in [3.05, 3.63) is 28.2 Å². The molecule has 0 aromatic carbocycles. The summed E-state index contributed by atoms with van der Waals surface area (Å²) in [7, 11) is 0. The Hall–Kier alpha value is -3.36. The lowest BCUT2D eigenvalue weighted by atomic mass is 10.1. The number of aryl methyl sites for hydroxylation is 2. The van der Waals surface area contributed by atoms with E-state index in [1.54, 1.807) is 13.8 Å². The molecule has 4 N–H and O–H groups in total. The number of aromatic amines is 1. The fraction of sp³-hybridized carbons (Fsp3) is 0.400. The molecule has 0 saturated heterocycles. The molecule has 3 aromatic heterocycles. The van der Waals surface area contributed by atoms with E-state index in [4.69, 9.17) is 11.0 Å². The minimum absolute atomic E-state index is 0.0666. The van der Waals surface area contributed by atoms with Crippen LogP contribution in [0.15, 0.2) is 0 Å². The maximum atomic E-state index is 13.1. The molecule has 0 unspecified atom stereocenters. The Morgan fingerprint density at radius 2 is 2.00 bits per heavy atom. The summed E-state index contributed by atoms with van der Waals surface area (Å²) in [5.41, 5.74) is 7.81. The van der Waals surface area contributed by atoms with Gasteiger partial charge in [-0.3, -0.25) is 5.10 Å². The largest absolute Gasteiger partial charge is 0.453 e. The molecule has 0 aliphatic heterocycles. The second-order valence-corrected chi connectivity index (χ2v) is 5.96. The standard InChI is InChI=1S/C15H16F3N9/c1-7-8(2)13-24-25-14(15(16,17)18)27(13)26-12(7)21-5-3-4-10-9(6-19)11(20)23-22-10/h3-5H2,1-2H3,(H,21,26)(H3,20,22,23). The first-order valence-corrected chi connectivity index (χ1v) is 8.00. The van der Waals surface area contributed by atoms with Gasteiger partial charge in [0.05, 0.1) is 5.69 Å². The van der Waals surface area contributed by atoms with Gasteiger partial charge in [-0.05, 0) is 32.3 Å². The first-order valence-electron chi connectivity index (χ1n) is 8.00. The summed E-state index contributed by atoms with van der Waals surface area (Å²) < 4.78 is 39.9. The molecule has 0 aliphatic rings. The first-order chi connectivity index (χ1) is 12.7. The van der Waals surface area contributed by atoms with E-state index in [1.165, 1.54) is 0 Å². The van der Waals surface area contributed by atoms with Gasteiger partial charge in [-0.1, -0.05) is 0 Å². The fourth-order valence-corrected chi connectivity index (χ4v) is 2.65. The number of hydrogen-bond acceptors (Lipinski definition) is 7. The molecule has 0 saturated carbocycles. The number of alkyl halides is 3. The Balaban J connectivity index is 1.77. The van der Waals surface area contributed by atoms with Gasteiger partial charge in [0.15, 0.2) is 11.5 Å². The lowest BCUT2D eigenvalue weighted by Crippen LogP contribution is -2.15. The van der Waals surface area contributed by atoms with Crippen LogP contribution in [-0.2, 0) is 12.6 Å². The van der Waals surface area contributed by atoms with Crippen LogP contribution in [-0.4, -0.2) is 36.6 Å². The number of nitrogens with one attached hydrogen (secondary N) is 2. The van der Waals surface area contributed by atoms with Crippen LogP contribution in [0.2, 0.25) is 0 Å². The Morgan fingerprint density at radius 3 is 2.67 bits per heavy atom. The topological polar surface area (TPSA) is 134 Å². The summed E-state index contributed by atoms with van der Waals surface area (Å²) in [5, 5.41) is 29.4. The van der Waals surface area contributed by atoms with Crippen molar-refractivity contribution in [1.29, 1.82) is 5.26 Å². The number of hydrogen-bond donors (Lipinski definition) is 3. The third kappa shape index (κ3) is 3.35. The summed E-state index contributed by atoms with van der Waals surface area (Å²) in [4.78, 5) is 0. The summed E-state index contributed by atoms with van der Waals surface area (Å²) >= 11 is 0. The monoisotopic (exact) mass is 379 g/mol. The van der Waals surface area contributed by atoms with E-state index in [2.05, 4.69) is 30.8 Å². The van der Waals surface area contributed by atoms with Gasteiger partial charge < -0.3 is 11.1 Å². The molecule has 0 amide bonds. The molecule has 9 nitrogen and oxygen atoms in total. The first kappa shape index (κ1) is 18.4. The van der Waals surface area contributed by atoms with Gasteiger partial charge in [-0.25, -0.2) is 0 Å². The number of nitriles is 1. The molecule has 0 radical (unpaired) electrons. The Kier molecular flexibility index (Phi) is 4.61. The third-order valence-corrected chi connectivity index (χ3v) is 4.22. The Labute approximate surface area is 151 Å². The summed E-state index contributed by atoms with van der Waals surface area (Å²) in [6.07, 6.45) is -3.57. The zero-order valence-corrected chi connectivity index (χ0v) is 14.5. The van der Waals surface area contributed by atoms with E-state index in [9.17, 15) is 13.2 Å². The van der Waals surface area contributed by atoms with Crippen LogP contribution in [0.4, 0.5) is 24.8 Å². The van der Waals surface area contributed by atoms with Crippen LogP contribution in [0.25, 0.3) is 5.65 Å². The minimum atomic E-state index is -4.65. The highest BCUT2D eigenvalue weighted by atomic mass is 19.4. The second kappa shape index (κ2) is 6.75. The van der Waals surface area contributed by atoms with Crippen LogP contribution < -0.4 is 11.1 Å². The second-order valence-electron chi connectivity index (χ2n) is 5.96. The molecule has 12 heteroatoms. The number of nitrogens with zero attached hydrogens (tertiary/aromatic N) is 6. The summed E-state index contributed by atoms with van der Waals surface area (Å²) in [5.74, 6) is -0.712. The molecule has 0 spiro atoms. The SMILES string of the molecule is Cc1c(NCCCc2[nH]nc(N)c2C#N)nn2c(C(F)(F)F)nnc2c1C. The van der Waals surface area contributed by atoms with Crippen molar-refractivity contribution < 1.29 is 13.2 Å². The molecule has 142 valence electrons. The van der Waals surface area contributed by atoms with Gasteiger partial charge in [0.1, 0.15) is 17.5 Å². The fourth-order valence-electron chi connectivity index (χ4n) is 2.65. The molecule has 27 heavy (non-hydrogen) atoms. The lowest BCUT2D eigenvalue weighted by molar-refractivity contribution is -0.146. The maximum absolute atomic E-state index is 13.1. The van der Waals surface area contributed by atoms with Crippen molar-refractivity contribution in [1.82, 2.24) is 30.0 Å². The van der Waals surface area contributed by atoms with Crippen LogP contribution in [0.5, 0.6) is 0 Å². The molecule has 0 bridgehead atoms. The Bertz CT molecular complexity index is 1030. The minimum Gasteiger partial charge on any atom is -0.381 e. The van der Waals surface area contributed by atoms with Crippen LogP contribution in [0, 0.1) is 25.2 Å². The molecular weight excluding hydrogens is 363 g/mol. The van der Waals surface area contributed by atoms with Gasteiger partial charge in [0.2, 0.25) is 0 Å². The van der Waals surface area contributed by atoms with Crippen molar-refractivity contribution in [2.75, 3.05) is 17.6 Å². The van der Waals surface area contributed by atoms with Gasteiger partial charge in [-0.2, -0.15) is 28.0 Å². The van der Waals surface area contributed by atoms with Crippen LogP contribution in [0.1, 0.15) is 34.6 Å². The molecule has 3 heterocycles. The highest BCUT2D eigenvalue weighted by molar-refractivity contribution is 5.58. The van der Waals surface area contributed by atoms with Gasteiger partial charge in [-0.15, -0.1) is 15.3 Å². The molecular formula is C15H16F3N9. The number of halogens is 3. The molecule has 3 aromatic rings. The summed E-state index contributed by atoms with van der Waals surface area (Å²) in [6, 6.07) is 1.98. The average Bonchev–Trinajstić information content (AvgIpc) is 3.19. The smallest absolute Gasteiger partial charge is 0.381 e. The van der Waals surface area contributed by atoms with Gasteiger partial charge in [0, 0.05) is 12.1 Å². The molecule has 0 aliphatic carbocycles. The quantitative estimate of drug-likeness (QED) is 0.577. The highest BCUT2D eigenvalue weighted by Crippen LogP contribution is 2.29. The Morgan fingerprint density at radius 1 is 1.26 bits per heavy atom. The zero-order chi connectivity index (χ0) is 19.8. The average molecular weight is 379 g/mol. The lowest BCUT2D eigenvalue weighted by Gasteiger charge is -2.12. The normalized spacial score (nSPS) is 11.7. The van der Waals surface area contributed by atoms with Gasteiger partial charge in [0.25, 0.3) is 5.82 Å². The maximum Gasteiger partial charge on any atom is 0.453 e. The number of anilines is 2. The summed E-state index contributed by atoms with van der Waals surface area (Å²) in [6.45, 7) is 3.83. The van der Waals surface area contributed by atoms with Crippen LogP contribution >= 0.6 is 0 Å². The number of aromatic nitrogens is 6. The van der Waals surface area contributed by atoms with E-state index in [-0.39, 0.29) is 11.5 Å². The van der Waals surface area contributed by atoms with Gasteiger partial charge >= 0.3 is 6.18 Å². The number of nitrogens with two attached hydrogens (primary N) is 1. The third-order valence-electron chi connectivity index (χ3n) is 4.22. The van der Waals surface area contributed by atoms with Crippen molar-refractivity contribution in [2.45, 2.75) is 32.9 Å². The number of H-pyrrole nitrogens is 1. The van der Waals surface area contributed by atoms with Crippen molar-refractivity contribution in [3.8, 4) is 6.07 Å². The van der Waals surface area contributed by atoms with Crippen molar-refractivity contribution in [3.63, 3.8) is 0 Å². The van der Waals surface area contributed by atoms with Crippen molar-refractivity contribution in [2.24, 2.45) is 0 Å². The highest BCUT2D eigenvalue weighted by Gasteiger charge is 2.38. The number of fused-ring (bicyclic) bond motifs is 1. The van der Waals surface area contributed by atoms with E-state index < -0.39 is 12.0 Å². The zero-order valence-electron chi connectivity index (χ0n) is 14.5.